The van der Waals surface area contributed by atoms with Crippen molar-refractivity contribution in [3.05, 3.63) is 29.5 Å². The number of hydrogen-bond donors (Lipinski definition) is 2. The van der Waals surface area contributed by atoms with Crippen molar-refractivity contribution < 1.29 is 14.4 Å². The van der Waals surface area contributed by atoms with Gasteiger partial charge in [0.05, 0.1) is 12.2 Å². The van der Waals surface area contributed by atoms with Gasteiger partial charge in [0.2, 0.25) is 0 Å². The van der Waals surface area contributed by atoms with Crippen molar-refractivity contribution in [2.24, 2.45) is 5.92 Å². The van der Waals surface area contributed by atoms with Crippen molar-refractivity contribution in [1.29, 1.82) is 0 Å². The third-order valence-electron chi connectivity index (χ3n) is 6.20. The first-order valence-electron chi connectivity index (χ1n) is 10.2. The van der Waals surface area contributed by atoms with Crippen LogP contribution in [0.25, 0.3) is 11.0 Å². The van der Waals surface area contributed by atoms with Crippen LogP contribution in [0.2, 0.25) is 0 Å². The standard InChI is InChI=1S/C21H29N3O3/c25-20(26)14-24-11-7-17(8-12-24)21-18-4-3-16(13-19(18)27-23-21)2-1-15-5-9-22-10-6-15/h3-4,13,15,17,22H,1-2,5-12,14H2,(H,25,26). The number of fused-ring (bicyclic) bond motifs is 1. The van der Waals surface area contributed by atoms with E-state index >= 15 is 0 Å². The summed E-state index contributed by atoms with van der Waals surface area (Å²) in [5.41, 5.74) is 3.27. The van der Waals surface area contributed by atoms with E-state index < -0.39 is 5.97 Å². The van der Waals surface area contributed by atoms with Crippen molar-refractivity contribution in [3.8, 4) is 0 Å². The zero-order valence-electron chi connectivity index (χ0n) is 15.8. The van der Waals surface area contributed by atoms with Gasteiger partial charge in [-0.1, -0.05) is 11.2 Å². The highest BCUT2D eigenvalue weighted by molar-refractivity contribution is 5.80. The molecule has 6 nitrogen and oxygen atoms in total. The summed E-state index contributed by atoms with van der Waals surface area (Å²) in [7, 11) is 0. The summed E-state index contributed by atoms with van der Waals surface area (Å²) in [5.74, 6) is 0.442. The van der Waals surface area contributed by atoms with E-state index in [4.69, 9.17) is 9.63 Å². The predicted octanol–water partition coefficient (Wildman–Crippen LogP) is 3.02. The summed E-state index contributed by atoms with van der Waals surface area (Å²) in [5, 5.41) is 17.9. The first-order valence-corrected chi connectivity index (χ1v) is 10.2. The highest BCUT2D eigenvalue weighted by Crippen LogP contribution is 2.33. The Labute approximate surface area is 159 Å². The number of nitrogens with zero attached hydrogens (tertiary/aromatic N) is 2. The monoisotopic (exact) mass is 371 g/mol. The molecule has 0 unspecified atom stereocenters. The molecule has 2 N–H and O–H groups in total. The van der Waals surface area contributed by atoms with Crippen LogP contribution in [0.5, 0.6) is 0 Å². The number of carbonyl (C=O) groups is 1. The number of aromatic nitrogens is 1. The molecule has 3 heterocycles. The van der Waals surface area contributed by atoms with Gasteiger partial charge in [0.25, 0.3) is 0 Å². The molecular formula is C21H29N3O3. The molecule has 1 aromatic heterocycles. The molecule has 0 saturated carbocycles. The van der Waals surface area contributed by atoms with Crippen LogP contribution >= 0.6 is 0 Å². The van der Waals surface area contributed by atoms with Gasteiger partial charge in [0.1, 0.15) is 0 Å². The van der Waals surface area contributed by atoms with E-state index in [1.54, 1.807) is 0 Å². The largest absolute Gasteiger partial charge is 0.480 e. The van der Waals surface area contributed by atoms with Crippen molar-refractivity contribution in [2.75, 3.05) is 32.7 Å². The summed E-state index contributed by atoms with van der Waals surface area (Å²) < 4.78 is 5.66. The molecule has 0 bridgehead atoms. The molecule has 2 saturated heterocycles. The van der Waals surface area contributed by atoms with Crippen LogP contribution in [-0.2, 0) is 11.2 Å². The van der Waals surface area contributed by atoms with Crippen LogP contribution in [0.3, 0.4) is 0 Å². The van der Waals surface area contributed by atoms with Crippen LogP contribution in [-0.4, -0.2) is 53.9 Å². The van der Waals surface area contributed by atoms with Crippen molar-refractivity contribution in [3.63, 3.8) is 0 Å². The Morgan fingerprint density at radius 1 is 1.22 bits per heavy atom. The number of carboxylic acid groups (broad SMARTS) is 1. The second kappa shape index (κ2) is 8.40. The molecule has 2 aliphatic rings. The van der Waals surface area contributed by atoms with Gasteiger partial charge < -0.3 is 14.9 Å². The molecule has 1 aromatic carbocycles. The lowest BCUT2D eigenvalue weighted by Crippen LogP contribution is -2.36. The van der Waals surface area contributed by atoms with Gasteiger partial charge in [0, 0.05) is 11.3 Å². The van der Waals surface area contributed by atoms with Crippen LogP contribution in [0, 0.1) is 5.92 Å². The van der Waals surface area contributed by atoms with E-state index in [0.717, 1.165) is 68.0 Å². The first-order chi connectivity index (χ1) is 13.2. The Kier molecular flexibility index (Phi) is 5.74. The highest BCUT2D eigenvalue weighted by Gasteiger charge is 2.26. The minimum absolute atomic E-state index is 0.132. The topological polar surface area (TPSA) is 78.6 Å². The number of benzene rings is 1. The molecular weight excluding hydrogens is 342 g/mol. The molecule has 2 aromatic rings. The number of hydrogen-bond acceptors (Lipinski definition) is 5. The Hall–Kier alpha value is -1.92. The molecule has 146 valence electrons. The molecule has 0 spiro atoms. The van der Waals surface area contributed by atoms with Crippen molar-refractivity contribution in [2.45, 2.75) is 44.4 Å². The maximum Gasteiger partial charge on any atom is 0.317 e. The van der Waals surface area contributed by atoms with Gasteiger partial charge in [0.15, 0.2) is 5.58 Å². The lowest BCUT2D eigenvalue weighted by molar-refractivity contribution is -0.138. The molecule has 0 aliphatic carbocycles. The van der Waals surface area contributed by atoms with Crippen LogP contribution in [0.15, 0.2) is 22.7 Å². The summed E-state index contributed by atoms with van der Waals surface area (Å²) >= 11 is 0. The maximum atomic E-state index is 10.9. The number of piperidine rings is 2. The third-order valence-corrected chi connectivity index (χ3v) is 6.20. The Bertz CT molecular complexity index is 774. The Morgan fingerprint density at radius 2 is 2.00 bits per heavy atom. The minimum Gasteiger partial charge on any atom is -0.480 e. The first kappa shape index (κ1) is 18.4. The minimum atomic E-state index is -0.752. The summed E-state index contributed by atoms with van der Waals surface area (Å²) in [4.78, 5) is 12.9. The van der Waals surface area contributed by atoms with E-state index in [1.807, 2.05) is 4.90 Å². The molecule has 6 heteroatoms. The highest BCUT2D eigenvalue weighted by atomic mass is 16.5. The average Bonchev–Trinajstić information content (AvgIpc) is 3.10. The molecule has 0 amide bonds. The van der Waals surface area contributed by atoms with Crippen molar-refractivity contribution >= 4 is 16.9 Å². The van der Waals surface area contributed by atoms with E-state index in [-0.39, 0.29) is 6.54 Å². The van der Waals surface area contributed by atoms with Crippen LogP contribution in [0.4, 0.5) is 0 Å². The number of aliphatic carboxylic acids is 1. The molecule has 0 atom stereocenters. The molecule has 4 rings (SSSR count). The van der Waals surface area contributed by atoms with Gasteiger partial charge in [-0.15, -0.1) is 0 Å². The van der Waals surface area contributed by atoms with Gasteiger partial charge in [-0.05, 0) is 88.3 Å². The third kappa shape index (κ3) is 4.50. The van der Waals surface area contributed by atoms with E-state index in [1.165, 1.54) is 24.8 Å². The Morgan fingerprint density at radius 3 is 2.74 bits per heavy atom. The fraction of sp³-hybridized carbons (Fsp3) is 0.619. The second-order valence-electron chi connectivity index (χ2n) is 8.07. The number of nitrogens with one attached hydrogen (secondary N) is 1. The fourth-order valence-electron chi connectivity index (χ4n) is 4.55. The predicted molar refractivity (Wildman–Crippen MR) is 104 cm³/mol. The normalized spacial score (nSPS) is 20.3. The lowest BCUT2D eigenvalue weighted by atomic mass is 9.90. The number of carboxylic acids is 1. The molecule has 2 aliphatic heterocycles. The quantitative estimate of drug-likeness (QED) is 0.813. The van der Waals surface area contributed by atoms with Gasteiger partial charge >= 0.3 is 5.97 Å². The number of aryl methyl sites for hydroxylation is 1. The smallest absolute Gasteiger partial charge is 0.317 e. The van der Waals surface area contributed by atoms with Gasteiger partial charge in [-0.3, -0.25) is 9.69 Å². The second-order valence-corrected chi connectivity index (χ2v) is 8.07. The van der Waals surface area contributed by atoms with Crippen molar-refractivity contribution in [1.82, 2.24) is 15.4 Å². The summed E-state index contributed by atoms with van der Waals surface area (Å²) in [6.45, 7) is 4.05. The number of likely N-dealkylation sites (tertiary alicyclic amines) is 1. The van der Waals surface area contributed by atoms with Gasteiger partial charge in [-0.2, -0.15) is 0 Å². The summed E-state index contributed by atoms with van der Waals surface area (Å²) in [6.07, 6.45) is 6.80. The average molecular weight is 371 g/mol. The summed E-state index contributed by atoms with van der Waals surface area (Å²) in [6, 6.07) is 6.55. The zero-order valence-corrected chi connectivity index (χ0v) is 15.8. The molecule has 0 radical (unpaired) electrons. The molecule has 2 fully saturated rings. The Balaban J connectivity index is 1.38. The van der Waals surface area contributed by atoms with Crippen LogP contribution in [0.1, 0.15) is 49.3 Å². The lowest BCUT2D eigenvalue weighted by Gasteiger charge is -2.29. The maximum absolute atomic E-state index is 10.9. The van der Waals surface area contributed by atoms with Gasteiger partial charge in [-0.25, -0.2) is 0 Å². The zero-order chi connectivity index (χ0) is 18.6. The molecule has 27 heavy (non-hydrogen) atoms. The van der Waals surface area contributed by atoms with E-state index in [9.17, 15) is 4.79 Å². The SMILES string of the molecule is O=C(O)CN1CCC(c2noc3cc(CCC4CCNCC4)ccc23)CC1. The van der Waals surface area contributed by atoms with E-state index in [0.29, 0.717) is 5.92 Å². The van der Waals surface area contributed by atoms with Crippen LogP contribution < -0.4 is 5.32 Å². The van der Waals surface area contributed by atoms with E-state index in [2.05, 4.69) is 28.7 Å². The number of rotatable bonds is 6. The fourth-order valence-corrected chi connectivity index (χ4v) is 4.55.